The molecule has 0 aliphatic carbocycles. The highest BCUT2D eigenvalue weighted by Crippen LogP contribution is 2.39. The summed E-state index contributed by atoms with van der Waals surface area (Å²) in [5, 5.41) is 7.05. The van der Waals surface area contributed by atoms with Crippen LogP contribution in [0.5, 0.6) is 0 Å². The van der Waals surface area contributed by atoms with Crippen LogP contribution in [0.25, 0.3) is 22.3 Å². The third-order valence-corrected chi connectivity index (χ3v) is 7.07. The Morgan fingerprint density at radius 2 is 1.94 bits per heavy atom. The van der Waals surface area contributed by atoms with Crippen molar-refractivity contribution in [3.63, 3.8) is 0 Å². The molecule has 3 fully saturated rings. The van der Waals surface area contributed by atoms with E-state index in [1.54, 1.807) is 6.20 Å². The van der Waals surface area contributed by atoms with Crippen molar-refractivity contribution in [1.29, 1.82) is 0 Å². The van der Waals surface area contributed by atoms with Crippen LogP contribution >= 0.6 is 0 Å². The van der Waals surface area contributed by atoms with E-state index in [2.05, 4.69) is 30.5 Å². The molecule has 11 heteroatoms. The number of anilines is 2. The molecule has 3 aliphatic heterocycles. The molecule has 3 aliphatic rings. The number of fused-ring (bicyclic) bond motifs is 2. The SMILES string of the molecule is FC(F)(F)c1cnc(N[C@H]2CCCNC2)nc1-c1c[nH]c2nc(N3CC4COCC4C3)ccc12. The van der Waals surface area contributed by atoms with Crippen LogP contribution in [0.4, 0.5) is 24.9 Å². The summed E-state index contributed by atoms with van der Waals surface area (Å²) in [4.78, 5) is 18.3. The van der Waals surface area contributed by atoms with E-state index in [1.165, 1.54) is 0 Å². The quantitative estimate of drug-likeness (QED) is 0.536. The van der Waals surface area contributed by atoms with Gasteiger partial charge in [-0.1, -0.05) is 0 Å². The Balaban J connectivity index is 1.34. The zero-order valence-corrected chi connectivity index (χ0v) is 18.5. The molecule has 8 nitrogen and oxygen atoms in total. The summed E-state index contributed by atoms with van der Waals surface area (Å²) >= 11 is 0. The Morgan fingerprint density at radius 1 is 1.12 bits per heavy atom. The maximum absolute atomic E-state index is 13.9. The van der Waals surface area contributed by atoms with Gasteiger partial charge in [-0.3, -0.25) is 0 Å². The molecule has 2 unspecified atom stereocenters. The maximum atomic E-state index is 13.9. The number of nitrogens with one attached hydrogen (secondary N) is 3. The first-order valence-corrected chi connectivity index (χ1v) is 11.7. The number of pyridine rings is 1. The molecule has 34 heavy (non-hydrogen) atoms. The van der Waals surface area contributed by atoms with Crippen LogP contribution in [0.3, 0.4) is 0 Å². The van der Waals surface area contributed by atoms with Crippen molar-refractivity contribution in [2.45, 2.75) is 25.1 Å². The lowest BCUT2D eigenvalue weighted by Crippen LogP contribution is -2.38. The van der Waals surface area contributed by atoms with Crippen LogP contribution in [-0.4, -0.2) is 65.4 Å². The van der Waals surface area contributed by atoms with E-state index in [-0.39, 0.29) is 17.7 Å². The fourth-order valence-corrected chi connectivity index (χ4v) is 5.26. The van der Waals surface area contributed by atoms with Gasteiger partial charge in [0.1, 0.15) is 17.0 Å². The van der Waals surface area contributed by atoms with Crippen molar-refractivity contribution < 1.29 is 17.9 Å². The van der Waals surface area contributed by atoms with Gasteiger partial charge in [0.15, 0.2) is 0 Å². The number of ether oxygens (including phenoxy) is 1. The molecule has 3 atom stereocenters. The first kappa shape index (κ1) is 21.6. The van der Waals surface area contributed by atoms with Gasteiger partial charge >= 0.3 is 6.18 Å². The van der Waals surface area contributed by atoms with Crippen molar-refractivity contribution in [3.05, 3.63) is 30.1 Å². The topological polar surface area (TPSA) is 91.0 Å². The van der Waals surface area contributed by atoms with Crippen molar-refractivity contribution in [1.82, 2.24) is 25.3 Å². The van der Waals surface area contributed by atoms with Crippen molar-refractivity contribution in [3.8, 4) is 11.3 Å². The van der Waals surface area contributed by atoms with E-state index in [9.17, 15) is 13.2 Å². The summed E-state index contributed by atoms with van der Waals surface area (Å²) in [7, 11) is 0. The number of H-pyrrole nitrogens is 1. The molecule has 180 valence electrons. The van der Waals surface area contributed by atoms with Crippen LogP contribution < -0.4 is 15.5 Å². The highest BCUT2D eigenvalue weighted by Gasteiger charge is 2.38. The number of aromatic nitrogens is 4. The van der Waals surface area contributed by atoms with Gasteiger partial charge in [0.05, 0.1) is 18.9 Å². The summed E-state index contributed by atoms with van der Waals surface area (Å²) < 4.78 is 47.1. The predicted molar refractivity (Wildman–Crippen MR) is 122 cm³/mol. The Kier molecular flexibility index (Phi) is 5.33. The molecule has 3 aromatic heterocycles. The fraction of sp³-hybridized carbons (Fsp3) is 0.522. The number of hydrogen-bond donors (Lipinski definition) is 3. The molecule has 0 radical (unpaired) electrons. The average molecular weight is 474 g/mol. The number of rotatable bonds is 4. The van der Waals surface area contributed by atoms with Gasteiger partial charge in [-0.15, -0.1) is 0 Å². The summed E-state index contributed by atoms with van der Waals surface area (Å²) in [6.45, 7) is 4.98. The molecule has 0 aromatic carbocycles. The van der Waals surface area contributed by atoms with Crippen molar-refractivity contribution in [2.75, 3.05) is 49.6 Å². The summed E-state index contributed by atoms with van der Waals surface area (Å²) in [5.74, 6) is 2.04. The van der Waals surface area contributed by atoms with Gasteiger partial charge in [-0.05, 0) is 31.5 Å². The molecule has 3 N–H and O–H groups in total. The lowest BCUT2D eigenvalue weighted by Gasteiger charge is -2.24. The van der Waals surface area contributed by atoms with Crippen LogP contribution in [0.15, 0.2) is 24.5 Å². The zero-order valence-electron chi connectivity index (χ0n) is 18.5. The molecule has 6 heterocycles. The molecular formula is C23H26F3N7O. The number of aromatic amines is 1. The molecule has 3 aromatic rings. The van der Waals surface area contributed by atoms with Crippen molar-refractivity contribution in [2.24, 2.45) is 11.8 Å². The van der Waals surface area contributed by atoms with Crippen LogP contribution in [0.1, 0.15) is 18.4 Å². The van der Waals surface area contributed by atoms with E-state index in [0.717, 1.165) is 64.2 Å². The third-order valence-electron chi connectivity index (χ3n) is 7.07. The normalized spacial score (nSPS) is 25.1. The Hall–Kier alpha value is -2.92. The first-order valence-electron chi connectivity index (χ1n) is 11.7. The molecule has 0 bridgehead atoms. The average Bonchev–Trinajstić information content (AvgIpc) is 3.53. The number of hydrogen-bond acceptors (Lipinski definition) is 7. The fourth-order valence-electron chi connectivity index (χ4n) is 5.26. The zero-order chi connectivity index (χ0) is 23.3. The second-order valence-electron chi connectivity index (χ2n) is 9.37. The van der Waals surface area contributed by atoms with Crippen molar-refractivity contribution >= 4 is 22.8 Å². The summed E-state index contributed by atoms with van der Waals surface area (Å²) in [6.07, 6.45) is -0.249. The summed E-state index contributed by atoms with van der Waals surface area (Å²) in [6, 6.07) is 3.79. The second kappa shape index (κ2) is 8.38. The number of nitrogens with zero attached hydrogens (tertiary/aromatic N) is 4. The lowest BCUT2D eigenvalue weighted by atomic mass is 10.0. The maximum Gasteiger partial charge on any atom is 0.419 e. The number of alkyl halides is 3. The minimum absolute atomic E-state index is 0.0795. The van der Waals surface area contributed by atoms with E-state index >= 15 is 0 Å². The van der Waals surface area contributed by atoms with E-state index in [4.69, 9.17) is 9.72 Å². The number of halogens is 3. The van der Waals surface area contributed by atoms with Gasteiger partial charge in [0.2, 0.25) is 5.95 Å². The molecule has 0 spiro atoms. The van der Waals surface area contributed by atoms with Crippen LogP contribution in [0.2, 0.25) is 0 Å². The predicted octanol–water partition coefficient (Wildman–Crippen LogP) is 3.29. The monoisotopic (exact) mass is 473 g/mol. The highest BCUT2D eigenvalue weighted by atomic mass is 19.4. The lowest BCUT2D eigenvalue weighted by molar-refractivity contribution is -0.137. The molecule has 0 saturated carbocycles. The van der Waals surface area contributed by atoms with E-state index < -0.39 is 11.7 Å². The molecule has 3 saturated heterocycles. The van der Waals surface area contributed by atoms with Crippen LogP contribution in [-0.2, 0) is 10.9 Å². The first-order chi connectivity index (χ1) is 16.5. The smallest absolute Gasteiger partial charge is 0.381 e. The number of piperidine rings is 1. The molecule has 0 amide bonds. The Labute approximate surface area is 194 Å². The molecular weight excluding hydrogens is 447 g/mol. The largest absolute Gasteiger partial charge is 0.419 e. The Bertz CT molecular complexity index is 1180. The minimum Gasteiger partial charge on any atom is -0.381 e. The third kappa shape index (κ3) is 3.96. The standard InChI is InChI=1S/C23H26F3N7O/c24-23(25,26)18-8-29-22(30-15-2-1-5-27-6-15)32-20(18)17-7-28-21-16(17)3-4-19(31-21)33-9-13-11-34-12-14(13)10-33/h3-4,7-8,13-15,27H,1-2,5-6,9-12H2,(H,28,31)(H,29,30,32)/t13?,14?,15-/m0/s1. The highest BCUT2D eigenvalue weighted by molar-refractivity contribution is 5.94. The Morgan fingerprint density at radius 3 is 2.68 bits per heavy atom. The van der Waals surface area contributed by atoms with Gasteiger partial charge < -0.3 is 25.3 Å². The van der Waals surface area contributed by atoms with Gasteiger partial charge in [0, 0.05) is 60.9 Å². The van der Waals surface area contributed by atoms with Gasteiger partial charge in [-0.2, -0.15) is 13.2 Å². The van der Waals surface area contributed by atoms with Gasteiger partial charge in [0.25, 0.3) is 0 Å². The van der Waals surface area contributed by atoms with E-state index in [0.29, 0.717) is 28.4 Å². The van der Waals surface area contributed by atoms with Crippen LogP contribution in [0, 0.1) is 11.8 Å². The summed E-state index contributed by atoms with van der Waals surface area (Å²) in [5.41, 5.74) is -0.113. The molecule has 6 rings (SSSR count). The second-order valence-corrected chi connectivity index (χ2v) is 9.37. The minimum atomic E-state index is -4.58. The van der Waals surface area contributed by atoms with Gasteiger partial charge in [-0.25, -0.2) is 15.0 Å². The van der Waals surface area contributed by atoms with E-state index in [1.807, 2.05) is 12.1 Å².